The standard InChI is InChI=1S/C26H37ClN4O3/c1-34-24-16-23(28)22(27)15-21(24)25(32)29-20-9-11-30(12-10-20)17-18-7-13-31(14-8-18)26(33)19-5-3-2-4-6-19/h3,5,15-16,18-20H,2,4,6-14,17,28H2,1H3,(H,29,32). The number of carbonyl (C=O) groups is 2. The van der Waals surface area contributed by atoms with Gasteiger partial charge in [-0.15, -0.1) is 0 Å². The summed E-state index contributed by atoms with van der Waals surface area (Å²) in [5, 5.41) is 3.49. The number of hydrogen-bond acceptors (Lipinski definition) is 5. The highest BCUT2D eigenvalue weighted by Gasteiger charge is 2.29. The summed E-state index contributed by atoms with van der Waals surface area (Å²) >= 11 is 6.12. The maximum Gasteiger partial charge on any atom is 0.255 e. The summed E-state index contributed by atoms with van der Waals surface area (Å²) in [5.74, 6) is 1.32. The minimum absolute atomic E-state index is 0.101. The number of carbonyl (C=O) groups excluding carboxylic acids is 2. The predicted molar refractivity (Wildman–Crippen MR) is 135 cm³/mol. The van der Waals surface area contributed by atoms with Crippen LogP contribution < -0.4 is 15.8 Å². The minimum Gasteiger partial charge on any atom is -0.496 e. The molecule has 1 unspecified atom stereocenters. The van der Waals surface area contributed by atoms with E-state index in [1.807, 2.05) is 0 Å². The second-order valence-corrected chi connectivity index (χ2v) is 10.3. The molecule has 2 fully saturated rings. The van der Waals surface area contributed by atoms with Crippen molar-refractivity contribution in [3.63, 3.8) is 0 Å². The van der Waals surface area contributed by atoms with Gasteiger partial charge < -0.3 is 25.6 Å². The van der Waals surface area contributed by atoms with Crippen molar-refractivity contribution in [2.24, 2.45) is 11.8 Å². The maximum atomic E-state index is 12.8. The van der Waals surface area contributed by atoms with Gasteiger partial charge in [-0.3, -0.25) is 9.59 Å². The lowest BCUT2D eigenvalue weighted by molar-refractivity contribution is -0.135. The molecule has 3 N–H and O–H groups in total. The summed E-state index contributed by atoms with van der Waals surface area (Å²) in [5.41, 5.74) is 6.63. The average Bonchev–Trinajstić information content (AvgIpc) is 2.87. The first kappa shape index (κ1) is 24.9. The third-order valence-electron chi connectivity index (χ3n) is 7.50. The molecule has 1 aromatic carbocycles. The van der Waals surface area contributed by atoms with Crippen LogP contribution in [-0.2, 0) is 4.79 Å². The van der Waals surface area contributed by atoms with Crippen LogP contribution in [0.25, 0.3) is 0 Å². The number of nitrogens with one attached hydrogen (secondary N) is 1. The van der Waals surface area contributed by atoms with E-state index in [0.717, 1.165) is 77.7 Å². The number of allylic oxidation sites excluding steroid dienone is 1. The van der Waals surface area contributed by atoms with E-state index in [1.165, 1.54) is 7.11 Å². The number of ether oxygens (including phenoxy) is 1. The Hall–Kier alpha value is -2.25. The fourth-order valence-electron chi connectivity index (χ4n) is 5.39. The van der Waals surface area contributed by atoms with E-state index in [4.69, 9.17) is 22.1 Å². The molecule has 8 heteroatoms. The second-order valence-electron chi connectivity index (χ2n) is 9.86. The van der Waals surface area contributed by atoms with Crippen molar-refractivity contribution in [3.8, 4) is 5.75 Å². The molecule has 2 amide bonds. The van der Waals surface area contributed by atoms with Crippen LogP contribution in [-0.4, -0.2) is 67.5 Å². The van der Waals surface area contributed by atoms with E-state index in [0.29, 0.717) is 33.8 Å². The minimum atomic E-state index is -0.179. The first-order valence-corrected chi connectivity index (χ1v) is 12.9. The molecule has 4 rings (SSSR count). The van der Waals surface area contributed by atoms with Gasteiger partial charge >= 0.3 is 0 Å². The molecule has 7 nitrogen and oxygen atoms in total. The van der Waals surface area contributed by atoms with Crippen LogP contribution in [0.15, 0.2) is 24.3 Å². The number of amides is 2. The number of likely N-dealkylation sites (tertiary alicyclic amines) is 2. The van der Waals surface area contributed by atoms with Gasteiger partial charge in [0.2, 0.25) is 5.91 Å². The van der Waals surface area contributed by atoms with Gasteiger partial charge in [-0.2, -0.15) is 0 Å². The van der Waals surface area contributed by atoms with E-state index in [-0.39, 0.29) is 17.9 Å². The quantitative estimate of drug-likeness (QED) is 0.470. The Morgan fingerprint density at radius 3 is 2.50 bits per heavy atom. The summed E-state index contributed by atoms with van der Waals surface area (Å²) in [6, 6.07) is 3.29. The van der Waals surface area contributed by atoms with Crippen molar-refractivity contribution in [3.05, 3.63) is 34.9 Å². The number of halogens is 1. The molecule has 1 atom stereocenters. The van der Waals surface area contributed by atoms with Crippen molar-refractivity contribution in [2.75, 3.05) is 45.6 Å². The van der Waals surface area contributed by atoms with Gasteiger partial charge in [-0.1, -0.05) is 23.8 Å². The highest BCUT2D eigenvalue weighted by atomic mass is 35.5. The van der Waals surface area contributed by atoms with Crippen LogP contribution in [0, 0.1) is 11.8 Å². The number of rotatable bonds is 6. The van der Waals surface area contributed by atoms with Crippen molar-refractivity contribution in [1.29, 1.82) is 0 Å². The average molecular weight is 489 g/mol. The third-order valence-corrected chi connectivity index (χ3v) is 7.83. The van der Waals surface area contributed by atoms with E-state index < -0.39 is 0 Å². The van der Waals surface area contributed by atoms with Crippen molar-refractivity contribution >= 4 is 29.1 Å². The van der Waals surface area contributed by atoms with Crippen LogP contribution in [0.4, 0.5) is 5.69 Å². The number of anilines is 1. The van der Waals surface area contributed by atoms with Gasteiger partial charge in [-0.25, -0.2) is 0 Å². The fourth-order valence-corrected chi connectivity index (χ4v) is 5.56. The monoisotopic (exact) mass is 488 g/mol. The lowest BCUT2D eigenvalue weighted by atomic mass is 9.91. The van der Waals surface area contributed by atoms with E-state index in [1.54, 1.807) is 12.1 Å². The summed E-state index contributed by atoms with van der Waals surface area (Å²) in [6.07, 6.45) is 11.5. The molecule has 0 spiro atoms. The van der Waals surface area contributed by atoms with Crippen LogP contribution in [0.1, 0.15) is 55.3 Å². The number of nitrogens with zero attached hydrogens (tertiary/aromatic N) is 2. The van der Waals surface area contributed by atoms with E-state index >= 15 is 0 Å². The summed E-state index contributed by atoms with van der Waals surface area (Å²) in [4.78, 5) is 30.2. The molecule has 0 radical (unpaired) electrons. The third kappa shape index (κ3) is 6.05. The summed E-state index contributed by atoms with van der Waals surface area (Å²) < 4.78 is 5.31. The van der Waals surface area contributed by atoms with Crippen molar-refractivity contribution < 1.29 is 14.3 Å². The second kappa shape index (κ2) is 11.5. The SMILES string of the molecule is COc1cc(N)c(Cl)cc1C(=O)NC1CCN(CC2CCN(C(=O)C3C=CCCC3)CC2)CC1. The Morgan fingerprint density at radius 2 is 1.85 bits per heavy atom. The first-order valence-electron chi connectivity index (χ1n) is 12.6. The predicted octanol–water partition coefficient (Wildman–Crippen LogP) is 3.72. The molecule has 34 heavy (non-hydrogen) atoms. The molecule has 0 aromatic heterocycles. The van der Waals surface area contributed by atoms with Gasteiger partial charge in [-0.05, 0) is 56.9 Å². The smallest absolute Gasteiger partial charge is 0.255 e. The van der Waals surface area contributed by atoms with Gasteiger partial charge in [0.25, 0.3) is 5.91 Å². The Balaban J connectivity index is 1.20. The Morgan fingerprint density at radius 1 is 1.12 bits per heavy atom. The maximum absolute atomic E-state index is 12.8. The molecule has 2 saturated heterocycles. The zero-order valence-electron chi connectivity index (χ0n) is 20.1. The molecular formula is C26H37ClN4O3. The van der Waals surface area contributed by atoms with E-state index in [2.05, 4.69) is 27.3 Å². The zero-order valence-corrected chi connectivity index (χ0v) is 20.9. The van der Waals surface area contributed by atoms with Crippen LogP contribution in [0.3, 0.4) is 0 Å². The zero-order chi connectivity index (χ0) is 24.1. The van der Waals surface area contributed by atoms with Gasteiger partial charge in [0.1, 0.15) is 5.75 Å². The largest absolute Gasteiger partial charge is 0.496 e. The molecule has 0 bridgehead atoms. The number of nitrogen functional groups attached to an aromatic ring is 1. The molecule has 1 aliphatic carbocycles. The van der Waals surface area contributed by atoms with E-state index in [9.17, 15) is 9.59 Å². The lowest BCUT2D eigenvalue weighted by Gasteiger charge is -2.38. The lowest BCUT2D eigenvalue weighted by Crippen LogP contribution is -2.47. The molecule has 3 aliphatic rings. The van der Waals surface area contributed by atoms with Gasteiger partial charge in [0.05, 0.1) is 29.3 Å². The number of benzene rings is 1. The van der Waals surface area contributed by atoms with Crippen LogP contribution in [0.5, 0.6) is 5.75 Å². The number of hydrogen-bond donors (Lipinski definition) is 2. The molecule has 1 aromatic rings. The summed E-state index contributed by atoms with van der Waals surface area (Å²) in [7, 11) is 1.52. The van der Waals surface area contributed by atoms with Crippen molar-refractivity contribution in [2.45, 2.75) is 51.0 Å². The number of piperidine rings is 2. The Bertz CT molecular complexity index is 906. The molecule has 2 aliphatic heterocycles. The van der Waals surface area contributed by atoms with Gasteiger partial charge in [0, 0.05) is 44.8 Å². The normalized spacial score (nSPS) is 22.5. The topological polar surface area (TPSA) is 87.9 Å². The Kier molecular flexibility index (Phi) is 8.37. The highest BCUT2D eigenvalue weighted by molar-refractivity contribution is 6.33. The Labute approximate surface area is 207 Å². The van der Waals surface area contributed by atoms with Gasteiger partial charge in [0.15, 0.2) is 0 Å². The number of methoxy groups -OCH3 is 1. The fraction of sp³-hybridized carbons (Fsp3) is 0.615. The molecule has 186 valence electrons. The van der Waals surface area contributed by atoms with Crippen molar-refractivity contribution in [1.82, 2.24) is 15.1 Å². The number of nitrogens with two attached hydrogens (primary N) is 1. The molecular weight excluding hydrogens is 452 g/mol. The van der Waals surface area contributed by atoms with Crippen LogP contribution >= 0.6 is 11.6 Å². The van der Waals surface area contributed by atoms with Crippen LogP contribution in [0.2, 0.25) is 5.02 Å². The highest BCUT2D eigenvalue weighted by Crippen LogP contribution is 2.29. The molecule has 2 heterocycles. The first-order chi connectivity index (χ1) is 16.4. The summed E-state index contributed by atoms with van der Waals surface area (Å²) in [6.45, 7) is 4.78. The molecule has 0 saturated carbocycles.